The molecule has 0 bridgehead atoms. The molecule has 1 atom stereocenters. The second kappa shape index (κ2) is 8.72. The van der Waals surface area contributed by atoms with Crippen LogP contribution in [0.2, 0.25) is 0 Å². The molecule has 11 nitrogen and oxygen atoms in total. The number of aryl methyl sites for hydroxylation is 2. The number of hydrogen-bond donors (Lipinski definition) is 1. The lowest BCUT2D eigenvalue weighted by Gasteiger charge is -2.20. The monoisotopic (exact) mass is 441 g/mol. The van der Waals surface area contributed by atoms with E-state index in [2.05, 4.69) is 9.97 Å². The Morgan fingerprint density at radius 1 is 1.27 bits per heavy atom. The van der Waals surface area contributed by atoms with Crippen LogP contribution in [0, 0.1) is 0 Å². The SMILES string of the molecule is CCCCn1c(=O)[nH]c(=O)c2c1nc(COC(=O)[C@H]1CCCN1S(C)(=O)=O)n2CC. The second-order valence-electron chi connectivity index (χ2n) is 7.35. The first kappa shape index (κ1) is 22.2. The zero-order chi connectivity index (χ0) is 22.1. The number of aromatic amines is 1. The molecule has 0 radical (unpaired) electrons. The van der Waals surface area contributed by atoms with E-state index in [9.17, 15) is 22.8 Å². The molecule has 30 heavy (non-hydrogen) atoms. The Hall–Kier alpha value is -2.47. The minimum absolute atomic E-state index is 0.225. The van der Waals surface area contributed by atoms with Crippen molar-refractivity contribution in [3.05, 3.63) is 26.7 Å². The summed E-state index contributed by atoms with van der Waals surface area (Å²) in [6, 6.07) is -0.856. The molecule has 0 unspecified atom stereocenters. The van der Waals surface area contributed by atoms with Gasteiger partial charge in [0.2, 0.25) is 10.0 Å². The van der Waals surface area contributed by atoms with Crippen LogP contribution in [0.25, 0.3) is 11.2 Å². The molecule has 0 amide bonds. The van der Waals surface area contributed by atoms with Crippen LogP contribution in [0.15, 0.2) is 9.59 Å². The highest BCUT2D eigenvalue weighted by Gasteiger charge is 2.37. The summed E-state index contributed by atoms with van der Waals surface area (Å²) >= 11 is 0. The van der Waals surface area contributed by atoms with Crippen LogP contribution in [0.1, 0.15) is 45.4 Å². The molecule has 3 heterocycles. The van der Waals surface area contributed by atoms with E-state index in [-0.39, 0.29) is 24.3 Å². The zero-order valence-electron chi connectivity index (χ0n) is 17.4. The van der Waals surface area contributed by atoms with Gasteiger partial charge < -0.3 is 9.30 Å². The van der Waals surface area contributed by atoms with Gasteiger partial charge in [-0.2, -0.15) is 4.31 Å². The van der Waals surface area contributed by atoms with Gasteiger partial charge in [-0.3, -0.25) is 19.1 Å². The summed E-state index contributed by atoms with van der Waals surface area (Å²) in [6.07, 6.45) is 3.65. The molecule has 0 aromatic carbocycles. The lowest BCUT2D eigenvalue weighted by atomic mass is 10.2. The lowest BCUT2D eigenvalue weighted by Crippen LogP contribution is -2.40. The van der Waals surface area contributed by atoms with Crippen molar-refractivity contribution in [1.29, 1.82) is 0 Å². The van der Waals surface area contributed by atoms with Crippen molar-refractivity contribution in [1.82, 2.24) is 23.4 Å². The molecular weight excluding hydrogens is 414 g/mol. The summed E-state index contributed by atoms with van der Waals surface area (Å²) in [4.78, 5) is 43.9. The fourth-order valence-electron chi connectivity index (χ4n) is 3.80. The van der Waals surface area contributed by atoms with Crippen molar-refractivity contribution in [3.8, 4) is 0 Å². The van der Waals surface area contributed by atoms with Crippen LogP contribution in [0.3, 0.4) is 0 Å². The first-order valence-corrected chi connectivity index (χ1v) is 11.9. The van der Waals surface area contributed by atoms with Gasteiger partial charge in [0.05, 0.1) is 6.26 Å². The Kier molecular flexibility index (Phi) is 6.46. The van der Waals surface area contributed by atoms with Gasteiger partial charge >= 0.3 is 11.7 Å². The number of nitrogens with one attached hydrogen (secondary N) is 1. The Morgan fingerprint density at radius 3 is 2.63 bits per heavy atom. The normalized spacial score (nSPS) is 17.6. The maximum absolute atomic E-state index is 12.5. The summed E-state index contributed by atoms with van der Waals surface area (Å²) in [6.45, 7) is 4.66. The maximum Gasteiger partial charge on any atom is 0.330 e. The molecule has 0 saturated carbocycles. The van der Waals surface area contributed by atoms with Crippen LogP contribution in [-0.2, 0) is 39.3 Å². The number of unbranched alkanes of at least 4 members (excludes halogenated alkanes) is 1. The van der Waals surface area contributed by atoms with Crippen molar-refractivity contribution in [2.45, 2.75) is 65.3 Å². The van der Waals surface area contributed by atoms with Crippen molar-refractivity contribution in [2.24, 2.45) is 0 Å². The number of aromatic nitrogens is 4. The quantitative estimate of drug-likeness (QED) is 0.577. The fourth-order valence-corrected chi connectivity index (χ4v) is 4.91. The van der Waals surface area contributed by atoms with Gasteiger partial charge in [-0.05, 0) is 26.2 Å². The Balaban J connectivity index is 1.91. The molecule has 3 rings (SSSR count). The highest BCUT2D eigenvalue weighted by Crippen LogP contribution is 2.22. The molecule has 2 aromatic heterocycles. The largest absolute Gasteiger partial charge is 0.456 e. The van der Waals surface area contributed by atoms with E-state index in [1.54, 1.807) is 4.57 Å². The summed E-state index contributed by atoms with van der Waals surface area (Å²) in [7, 11) is -3.51. The van der Waals surface area contributed by atoms with E-state index in [0.29, 0.717) is 31.8 Å². The number of fused-ring (bicyclic) bond motifs is 1. The molecule has 0 spiro atoms. The van der Waals surface area contributed by atoms with Gasteiger partial charge in [-0.15, -0.1) is 0 Å². The number of ether oxygens (including phenoxy) is 1. The van der Waals surface area contributed by atoms with Crippen LogP contribution in [0.5, 0.6) is 0 Å². The third-order valence-corrected chi connectivity index (χ3v) is 6.55. The van der Waals surface area contributed by atoms with Crippen molar-refractivity contribution in [3.63, 3.8) is 0 Å². The van der Waals surface area contributed by atoms with Gasteiger partial charge in [0, 0.05) is 19.6 Å². The first-order chi connectivity index (χ1) is 14.2. The highest BCUT2D eigenvalue weighted by atomic mass is 32.2. The van der Waals surface area contributed by atoms with E-state index in [4.69, 9.17) is 4.74 Å². The number of esters is 1. The van der Waals surface area contributed by atoms with Gasteiger partial charge in [-0.25, -0.2) is 18.2 Å². The van der Waals surface area contributed by atoms with Gasteiger partial charge in [0.1, 0.15) is 18.5 Å². The van der Waals surface area contributed by atoms with E-state index in [0.717, 1.165) is 23.4 Å². The van der Waals surface area contributed by atoms with Gasteiger partial charge in [0.25, 0.3) is 5.56 Å². The smallest absolute Gasteiger partial charge is 0.330 e. The number of sulfonamides is 1. The molecule has 12 heteroatoms. The van der Waals surface area contributed by atoms with Crippen molar-refractivity contribution >= 4 is 27.2 Å². The standard InChI is InChI=1S/C18H27N5O6S/c1-4-6-9-22-15-14(16(24)20-18(22)26)21(5-2)13(19-15)11-29-17(25)12-8-7-10-23(12)30(3,27)28/h12H,4-11H2,1-3H3,(H,20,24,26)/t12-/m1/s1. The average molecular weight is 442 g/mol. The fraction of sp³-hybridized carbons (Fsp3) is 0.667. The second-order valence-corrected chi connectivity index (χ2v) is 9.28. The molecular formula is C18H27N5O6S. The molecule has 1 aliphatic rings. The van der Waals surface area contributed by atoms with Gasteiger partial charge in [0.15, 0.2) is 11.2 Å². The summed E-state index contributed by atoms with van der Waals surface area (Å²) in [5.74, 6) is -0.323. The van der Waals surface area contributed by atoms with Crippen LogP contribution >= 0.6 is 0 Å². The van der Waals surface area contributed by atoms with E-state index in [1.807, 2.05) is 13.8 Å². The number of H-pyrrole nitrogens is 1. The number of hydrogen-bond acceptors (Lipinski definition) is 7. The van der Waals surface area contributed by atoms with Crippen molar-refractivity contribution in [2.75, 3.05) is 12.8 Å². The maximum atomic E-state index is 12.5. The Morgan fingerprint density at radius 2 is 2.00 bits per heavy atom. The van der Waals surface area contributed by atoms with Crippen LogP contribution in [0.4, 0.5) is 0 Å². The number of carbonyl (C=O) groups is 1. The topological polar surface area (TPSA) is 136 Å². The van der Waals surface area contributed by atoms with Crippen molar-refractivity contribution < 1.29 is 17.9 Å². The third kappa shape index (κ3) is 4.19. The van der Waals surface area contributed by atoms with Gasteiger partial charge in [-0.1, -0.05) is 13.3 Å². The minimum atomic E-state index is -3.51. The van der Waals surface area contributed by atoms with E-state index in [1.165, 1.54) is 4.57 Å². The minimum Gasteiger partial charge on any atom is -0.456 e. The molecule has 1 fully saturated rings. The molecule has 1 aliphatic heterocycles. The number of carbonyl (C=O) groups excluding carboxylic acids is 1. The summed E-state index contributed by atoms with van der Waals surface area (Å²) in [5.41, 5.74) is -0.574. The molecule has 1 N–H and O–H groups in total. The Bertz CT molecular complexity index is 1160. The number of nitrogens with zero attached hydrogens (tertiary/aromatic N) is 4. The zero-order valence-corrected chi connectivity index (χ0v) is 18.2. The molecule has 1 saturated heterocycles. The average Bonchev–Trinajstić information content (AvgIpc) is 3.30. The summed E-state index contributed by atoms with van der Waals surface area (Å²) in [5, 5.41) is 0. The first-order valence-electron chi connectivity index (χ1n) is 10.0. The molecule has 0 aliphatic carbocycles. The molecule has 2 aromatic rings. The highest BCUT2D eigenvalue weighted by molar-refractivity contribution is 7.88. The van der Waals surface area contributed by atoms with Crippen LogP contribution in [-0.4, -0.2) is 56.6 Å². The predicted octanol–water partition coefficient (Wildman–Crippen LogP) is 0.174. The molecule has 166 valence electrons. The summed E-state index contributed by atoms with van der Waals surface area (Å²) < 4.78 is 33.3. The lowest BCUT2D eigenvalue weighted by molar-refractivity contribution is -0.149. The van der Waals surface area contributed by atoms with E-state index < -0.39 is 33.3 Å². The van der Waals surface area contributed by atoms with Crippen LogP contribution < -0.4 is 11.2 Å². The van der Waals surface area contributed by atoms with E-state index >= 15 is 0 Å². The number of imidazole rings is 1. The number of rotatable bonds is 8. The Labute approximate surface area is 173 Å². The third-order valence-electron chi connectivity index (χ3n) is 5.26. The predicted molar refractivity (Wildman–Crippen MR) is 110 cm³/mol.